The molecule has 116 valence electrons. The lowest BCUT2D eigenvalue weighted by atomic mass is 10.2. The SMILES string of the molecule is CCCNCCNC(=O)CN1CCOc2ccc(Cl)cc21. The van der Waals surface area contributed by atoms with Gasteiger partial charge in [-0.3, -0.25) is 4.79 Å². The standard InChI is InChI=1S/C15H22ClN3O2/c1-2-5-17-6-7-18-15(20)11-19-8-9-21-14-4-3-12(16)10-13(14)19/h3-4,10,17H,2,5-9,11H2,1H3,(H,18,20). The van der Waals surface area contributed by atoms with Crippen molar-refractivity contribution in [2.45, 2.75) is 13.3 Å². The third-order valence-electron chi connectivity index (χ3n) is 3.27. The minimum Gasteiger partial charge on any atom is -0.490 e. The van der Waals surface area contributed by atoms with Crippen LogP contribution in [0.4, 0.5) is 5.69 Å². The van der Waals surface area contributed by atoms with Gasteiger partial charge in [-0.25, -0.2) is 0 Å². The van der Waals surface area contributed by atoms with E-state index in [0.717, 1.165) is 30.9 Å². The van der Waals surface area contributed by atoms with E-state index in [-0.39, 0.29) is 5.91 Å². The first-order valence-corrected chi connectivity index (χ1v) is 7.73. The zero-order chi connectivity index (χ0) is 15.1. The summed E-state index contributed by atoms with van der Waals surface area (Å²) in [6.45, 7) is 6.13. The molecule has 0 bridgehead atoms. The van der Waals surface area contributed by atoms with Gasteiger partial charge in [-0.2, -0.15) is 0 Å². The van der Waals surface area contributed by atoms with Crippen molar-refractivity contribution in [3.05, 3.63) is 23.2 Å². The van der Waals surface area contributed by atoms with Crippen LogP contribution in [0.1, 0.15) is 13.3 Å². The smallest absolute Gasteiger partial charge is 0.239 e. The van der Waals surface area contributed by atoms with Crippen LogP contribution in [-0.2, 0) is 4.79 Å². The third kappa shape index (κ3) is 4.79. The second kappa shape index (κ2) is 8.10. The molecule has 1 amide bonds. The molecule has 1 aliphatic rings. The van der Waals surface area contributed by atoms with Gasteiger partial charge in [0.15, 0.2) is 0 Å². The molecule has 1 heterocycles. The van der Waals surface area contributed by atoms with Gasteiger partial charge in [0.1, 0.15) is 12.4 Å². The number of amides is 1. The van der Waals surface area contributed by atoms with Crippen molar-refractivity contribution in [2.24, 2.45) is 0 Å². The maximum Gasteiger partial charge on any atom is 0.239 e. The van der Waals surface area contributed by atoms with E-state index in [4.69, 9.17) is 16.3 Å². The van der Waals surface area contributed by atoms with E-state index >= 15 is 0 Å². The number of hydrogen-bond acceptors (Lipinski definition) is 4. The number of halogens is 1. The molecule has 1 aromatic rings. The molecule has 0 saturated carbocycles. The summed E-state index contributed by atoms with van der Waals surface area (Å²) >= 11 is 6.02. The Hall–Kier alpha value is -1.46. The quantitative estimate of drug-likeness (QED) is 0.752. The number of anilines is 1. The molecule has 1 aromatic carbocycles. The van der Waals surface area contributed by atoms with Gasteiger partial charge in [0.2, 0.25) is 5.91 Å². The van der Waals surface area contributed by atoms with Crippen molar-refractivity contribution in [1.82, 2.24) is 10.6 Å². The number of ether oxygens (including phenoxy) is 1. The van der Waals surface area contributed by atoms with Gasteiger partial charge in [-0.1, -0.05) is 18.5 Å². The Morgan fingerprint density at radius 1 is 1.38 bits per heavy atom. The molecule has 0 fully saturated rings. The maximum absolute atomic E-state index is 12.0. The minimum absolute atomic E-state index is 0.0149. The van der Waals surface area contributed by atoms with Crippen molar-refractivity contribution in [3.8, 4) is 5.75 Å². The number of nitrogens with zero attached hydrogens (tertiary/aromatic N) is 1. The molecule has 5 nitrogen and oxygen atoms in total. The van der Waals surface area contributed by atoms with Crippen molar-refractivity contribution < 1.29 is 9.53 Å². The number of carbonyl (C=O) groups excluding carboxylic acids is 1. The summed E-state index contributed by atoms with van der Waals surface area (Å²) in [5.74, 6) is 0.796. The molecule has 2 rings (SSSR count). The van der Waals surface area contributed by atoms with E-state index < -0.39 is 0 Å². The number of benzene rings is 1. The normalized spacial score (nSPS) is 13.5. The van der Waals surface area contributed by atoms with Gasteiger partial charge < -0.3 is 20.3 Å². The minimum atomic E-state index is 0.0149. The monoisotopic (exact) mass is 311 g/mol. The second-order valence-corrected chi connectivity index (χ2v) is 5.42. The van der Waals surface area contributed by atoms with Gasteiger partial charge >= 0.3 is 0 Å². The predicted octanol–water partition coefficient (Wildman–Crippen LogP) is 1.65. The van der Waals surface area contributed by atoms with Crippen LogP contribution in [0.3, 0.4) is 0 Å². The highest BCUT2D eigenvalue weighted by Crippen LogP contribution is 2.33. The fraction of sp³-hybridized carbons (Fsp3) is 0.533. The largest absolute Gasteiger partial charge is 0.490 e. The Morgan fingerprint density at radius 3 is 3.05 bits per heavy atom. The summed E-state index contributed by atoms with van der Waals surface area (Å²) in [5, 5.41) is 6.82. The van der Waals surface area contributed by atoms with E-state index in [1.54, 1.807) is 6.07 Å². The Bertz CT molecular complexity index is 482. The molecule has 1 aliphatic heterocycles. The topological polar surface area (TPSA) is 53.6 Å². The molecule has 21 heavy (non-hydrogen) atoms. The zero-order valence-corrected chi connectivity index (χ0v) is 13.1. The summed E-state index contributed by atoms with van der Waals surface area (Å²) in [5.41, 5.74) is 0.882. The van der Waals surface area contributed by atoms with Crippen LogP contribution < -0.4 is 20.3 Å². The molecule has 0 radical (unpaired) electrons. The zero-order valence-electron chi connectivity index (χ0n) is 12.3. The summed E-state index contributed by atoms with van der Waals surface area (Å²) in [4.78, 5) is 14.0. The first-order valence-electron chi connectivity index (χ1n) is 7.35. The summed E-state index contributed by atoms with van der Waals surface area (Å²) in [6, 6.07) is 5.48. The Kier molecular flexibility index (Phi) is 6.14. The first-order chi connectivity index (χ1) is 10.2. The molecule has 0 unspecified atom stereocenters. The van der Waals surface area contributed by atoms with Gasteiger partial charge in [0, 0.05) is 18.1 Å². The number of nitrogens with one attached hydrogen (secondary N) is 2. The average Bonchev–Trinajstić information content (AvgIpc) is 2.48. The first kappa shape index (κ1) is 15.9. The lowest BCUT2D eigenvalue weighted by Gasteiger charge is -2.30. The number of carbonyl (C=O) groups is 1. The van der Waals surface area contributed by atoms with E-state index in [9.17, 15) is 4.79 Å². The fourth-order valence-corrected chi connectivity index (χ4v) is 2.40. The second-order valence-electron chi connectivity index (χ2n) is 4.98. The lowest BCUT2D eigenvalue weighted by molar-refractivity contribution is -0.119. The molecule has 2 N–H and O–H groups in total. The molecule has 0 aromatic heterocycles. The summed E-state index contributed by atoms with van der Waals surface area (Å²) in [6.07, 6.45) is 1.10. The van der Waals surface area contributed by atoms with Crippen molar-refractivity contribution >= 4 is 23.2 Å². The number of hydrogen-bond donors (Lipinski definition) is 2. The van der Waals surface area contributed by atoms with Crippen LogP contribution in [0.2, 0.25) is 5.02 Å². The maximum atomic E-state index is 12.0. The molecule has 0 aliphatic carbocycles. The summed E-state index contributed by atoms with van der Waals surface area (Å²) in [7, 11) is 0. The van der Waals surface area contributed by atoms with E-state index in [0.29, 0.717) is 31.3 Å². The van der Waals surface area contributed by atoms with Crippen molar-refractivity contribution in [3.63, 3.8) is 0 Å². The summed E-state index contributed by atoms with van der Waals surface area (Å²) < 4.78 is 5.57. The molecular formula is C15H22ClN3O2. The predicted molar refractivity (Wildman–Crippen MR) is 85.3 cm³/mol. The van der Waals surface area contributed by atoms with E-state index in [1.807, 2.05) is 17.0 Å². The Balaban J connectivity index is 1.83. The molecule has 0 atom stereocenters. The van der Waals surface area contributed by atoms with Gasteiger partial charge in [0.05, 0.1) is 18.8 Å². The van der Waals surface area contributed by atoms with Crippen molar-refractivity contribution in [2.75, 3.05) is 44.2 Å². The van der Waals surface area contributed by atoms with Gasteiger partial charge in [-0.15, -0.1) is 0 Å². The fourth-order valence-electron chi connectivity index (χ4n) is 2.23. The Morgan fingerprint density at radius 2 is 2.24 bits per heavy atom. The number of rotatable bonds is 7. The van der Waals surface area contributed by atoms with Crippen LogP contribution in [0.5, 0.6) is 5.75 Å². The van der Waals surface area contributed by atoms with Crippen LogP contribution >= 0.6 is 11.6 Å². The van der Waals surface area contributed by atoms with Gasteiger partial charge in [-0.05, 0) is 31.2 Å². The van der Waals surface area contributed by atoms with E-state index in [2.05, 4.69) is 17.6 Å². The van der Waals surface area contributed by atoms with E-state index in [1.165, 1.54) is 0 Å². The average molecular weight is 312 g/mol. The molecule has 0 spiro atoms. The molecule has 0 saturated heterocycles. The van der Waals surface area contributed by atoms with Crippen LogP contribution in [0.15, 0.2) is 18.2 Å². The van der Waals surface area contributed by atoms with Crippen LogP contribution in [0.25, 0.3) is 0 Å². The highest BCUT2D eigenvalue weighted by atomic mass is 35.5. The highest BCUT2D eigenvalue weighted by Gasteiger charge is 2.20. The third-order valence-corrected chi connectivity index (χ3v) is 3.50. The highest BCUT2D eigenvalue weighted by molar-refractivity contribution is 6.31. The Labute approximate surface area is 130 Å². The van der Waals surface area contributed by atoms with Crippen molar-refractivity contribution in [1.29, 1.82) is 0 Å². The molecular weight excluding hydrogens is 290 g/mol. The van der Waals surface area contributed by atoms with Crippen LogP contribution in [-0.4, -0.2) is 45.2 Å². The lowest BCUT2D eigenvalue weighted by Crippen LogP contribution is -2.42. The number of fused-ring (bicyclic) bond motifs is 1. The molecule has 6 heteroatoms. The van der Waals surface area contributed by atoms with Gasteiger partial charge in [0.25, 0.3) is 0 Å². The van der Waals surface area contributed by atoms with Crippen LogP contribution in [0, 0.1) is 0 Å².